The van der Waals surface area contributed by atoms with Crippen molar-refractivity contribution in [2.45, 2.75) is 38.9 Å². The van der Waals surface area contributed by atoms with Crippen LogP contribution in [0, 0.1) is 5.82 Å². The van der Waals surface area contributed by atoms with E-state index in [0.29, 0.717) is 36.0 Å². The van der Waals surface area contributed by atoms with Crippen molar-refractivity contribution in [1.82, 2.24) is 25.1 Å². The Kier molecular flexibility index (Phi) is 4.92. The van der Waals surface area contributed by atoms with Gasteiger partial charge in [0.25, 0.3) is 0 Å². The second kappa shape index (κ2) is 7.43. The normalized spacial score (nSPS) is 16.8. The van der Waals surface area contributed by atoms with Crippen LogP contribution >= 0.6 is 0 Å². The van der Waals surface area contributed by atoms with E-state index in [4.69, 9.17) is 9.47 Å². The molecule has 4 rings (SSSR count). The zero-order valence-electron chi connectivity index (χ0n) is 16.9. The number of rotatable bonds is 3. The number of hydrogen-bond acceptors (Lipinski definition) is 6. The Balaban J connectivity index is 1.61. The molecule has 0 aliphatic carbocycles. The maximum absolute atomic E-state index is 13.9. The summed E-state index contributed by atoms with van der Waals surface area (Å²) in [7, 11) is 0. The molecule has 9 nitrogen and oxygen atoms in total. The minimum absolute atomic E-state index is 0.210. The molecule has 0 radical (unpaired) electrons. The predicted molar refractivity (Wildman–Crippen MR) is 107 cm³/mol. The summed E-state index contributed by atoms with van der Waals surface area (Å²) >= 11 is 0. The lowest BCUT2D eigenvalue weighted by Gasteiger charge is -2.24. The Morgan fingerprint density at radius 1 is 1.30 bits per heavy atom. The van der Waals surface area contributed by atoms with Crippen LogP contribution in [0.25, 0.3) is 22.3 Å². The maximum atomic E-state index is 13.9. The van der Waals surface area contributed by atoms with E-state index >= 15 is 0 Å². The third-order valence-electron chi connectivity index (χ3n) is 4.58. The van der Waals surface area contributed by atoms with Gasteiger partial charge in [-0.1, -0.05) is 6.07 Å². The zero-order valence-corrected chi connectivity index (χ0v) is 16.9. The van der Waals surface area contributed by atoms with E-state index in [1.54, 1.807) is 17.0 Å². The molecular weight excluding hydrogens is 393 g/mol. The van der Waals surface area contributed by atoms with E-state index in [1.807, 2.05) is 20.8 Å². The molecule has 1 aliphatic rings. The van der Waals surface area contributed by atoms with Crippen LogP contribution in [-0.4, -0.2) is 56.0 Å². The van der Waals surface area contributed by atoms with Crippen molar-refractivity contribution in [1.29, 1.82) is 0 Å². The van der Waals surface area contributed by atoms with Crippen LogP contribution in [-0.2, 0) is 4.74 Å². The van der Waals surface area contributed by atoms with E-state index in [2.05, 4.69) is 20.2 Å². The molecule has 0 saturated carbocycles. The fourth-order valence-corrected chi connectivity index (χ4v) is 3.27. The number of carbonyl (C=O) groups is 1. The van der Waals surface area contributed by atoms with Gasteiger partial charge < -0.3 is 14.4 Å². The number of fused-ring (bicyclic) bond motifs is 1. The first kappa shape index (κ1) is 19.9. The average Bonchev–Trinajstić information content (AvgIpc) is 3.30. The number of aromatic nitrogens is 4. The minimum Gasteiger partial charge on any atom is -0.472 e. The van der Waals surface area contributed by atoms with Gasteiger partial charge in [-0.2, -0.15) is 5.10 Å². The molecule has 1 aromatic carbocycles. The summed E-state index contributed by atoms with van der Waals surface area (Å²) in [5.41, 5.74) is -0.665. The molecule has 0 spiro atoms. The fourth-order valence-electron chi connectivity index (χ4n) is 3.27. The average molecular weight is 415 g/mol. The second-order valence-corrected chi connectivity index (χ2v) is 8.16. The summed E-state index contributed by atoms with van der Waals surface area (Å²) in [6, 6.07) is 5.98. The van der Waals surface area contributed by atoms with Gasteiger partial charge in [-0.15, -0.1) is 0 Å². The molecule has 1 unspecified atom stereocenters. The molecule has 1 aliphatic heterocycles. The molecule has 2 N–H and O–H groups in total. The van der Waals surface area contributed by atoms with Crippen molar-refractivity contribution in [2.24, 2.45) is 0 Å². The van der Waals surface area contributed by atoms with Crippen LogP contribution in [0.4, 0.5) is 9.18 Å². The van der Waals surface area contributed by atoms with Gasteiger partial charge in [0.15, 0.2) is 5.82 Å². The van der Waals surface area contributed by atoms with Crippen molar-refractivity contribution < 1.29 is 18.7 Å². The van der Waals surface area contributed by atoms with E-state index in [1.165, 1.54) is 12.1 Å². The molecular formula is C20H22FN5O4. The van der Waals surface area contributed by atoms with Crippen LogP contribution in [0.3, 0.4) is 0 Å². The monoisotopic (exact) mass is 415 g/mol. The summed E-state index contributed by atoms with van der Waals surface area (Å²) < 4.78 is 25.3. The highest BCUT2D eigenvalue weighted by atomic mass is 19.1. The molecule has 3 aromatic rings. The van der Waals surface area contributed by atoms with Crippen LogP contribution < -0.4 is 10.4 Å². The smallest absolute Gasteiger partial charge is 0.410 e. The highest BCUT2D eigenvalue weighted by Gasteiger charge is 2.31. The van der Waals surface area contributed by atoms with Crippen molar-refractivity contribution in [3.63, 3.8) is 0 Å². The third kappa shape index (κ3) is 4.27. The number of amides is 1. The van der Waals surface area contributed by atoms with Crippen LogP contribution in [0.5, 0.6) is 5.88 Å². The molecule has 2 aromatic heterocycles. The van der Waals surface area contributed by atoms with Gasteiger partial charge in [0.2, 0.25) is 5.88 Å². The number of likely N-dealkylation sites (tertiary alicyclic amines) is 1. The molecule has 158 valence electrons. The number of ether oxygens (including phenoxy) is 2. The van der Waals surface area contributed by atoms with Gasteiger partial charge >= 0.3 is 11.8 Å². The first-order valence-electron chi connectivity index (χ1n) is 9.58. The third-order valence-corrected chi connectivity index (χ3v) is 4.58. The first-order chi connectivity index (χ1) is 14.2. The van der Waals surface area contributed by atoms with Crippen molar-refractivity contribution in [3.05, 3.63) is 40.6 Å². The molecule has 1 saturated heterocycles. The lowest BCUT2D eigenvalue weighted by Crippen LogP contribution is -2.36. The molecule has 1 amide bonds. The lowest BCUT2D eigenvalue weighted by molar-refractivity contribution is 0.0275. The Morgan fingerprint density at radius 3 is 2.80 bits per heavy atom. The number of nitrogens with one attached hydrogen (secondary N) is 2. The topological polar surface area (TPSA) is 113 Å². The van der Waals surface area contributed by atoms with Crippen molar-refractivity contribution >= 4 is 16.9 Å². The van der Waals surface area contributed by atoms with Gasteiger partial charge in [-0.25, -0.2) is 24.1 Å². The van der Waals surface area contributed by atoms with Gasteiger partial charge in [-0.3, -0.25) is 4.98 Å². The zero-order chi connectivity index (χ0) is 21.5. The minimum atomic E-state index is -0.583. The van der Waals surface area contributed by atoms with Gasteiger partial charge in [-0.05, 0) is 44.4 Å². The van der Waals surface area contributed by atoms with E-state index in [9.17, 15) is 14.0 Å². The molecule has 0 bridgehead atoms. The number of aromatic amines is 2. The van der Waals surface area contributed by atoms with Crippen LogP contribution in [0.1, 0.15) is 27.2 Å². The summed E-state index contributed by atoms with van der Waals surface area (Å²) in [5, 5.41) is 7.37. The van der Waals surface area contributed by atoms with Crippen LogP contribution in [0.2, 0.25) is 0 Å². The Morgan fingerprint density at radius 2 is 2.10 bits per heavy atom. The summed E-state index contributed by atoms with van der Waals surface area (Å²) in [4.78, 5) is 32.3. The Labute approximate surface area is 171 Å². The molecule has 1 atom stereocenters. The number of pyridine rings is 1. The number of nitrogens with zero attached hydrogens (tertiary/aromatic N) is 3. The van der Waals surface area contributed by atoms with Crippen LogP contribution in [0.15, 0.2) is 29.1 Å². The summed E-state index contributed by atoms with van der Waals surface area (Å²) in [6.45, 7) is 6.24. The number of H-pyrrole nitrogens is 2. The maximum Gasteiger partial charge on any atom is 0.410 e. The van der Waals surface area contributed by atoms with Crippen molar-refractivity contribution in [3.8, 4) is 17.4 Å². The number of benzene rings is 1. The van der Waals surface area contributed by atoms with E-state index in [-0.39, 0.29) is 17.8 Å². The molecule has 1 fully saturated rings. The number of carbonyl (C=O) groups excluding carboxylic acids is 1. The van der Waals surface area contributed by atoms with Crippen molar-refractivity contribution in [2.75, 3.05) is 13.1 Å². The lowest BCUT2D eigenvalue weighted by atomic mass is 10.1. The standard InChI is InChI=1S/C20H22FN5O4/c1-20(2,3)30-19(28)26-7-6-13(10-26)29-17-14-9-12(21)5-4-11(14)8-15(22-17)16-23-18(27)25-24-16/h4-5,8-9,13H,6-7,10H2,1-3H3,(H2,23,24,25,27). The summed E-state index contributed by atoms with van der Waals surface area (Å²) in [6.07, 6.45) is -0.147. The number of halogens is 1. The van der Waals surface area contributed by atoms with E-state index in [0.717, 1.165) is 0 Å². The molecule has 30 heavy (non-hydrogen) atoms. The highest BCUT2D eigenvalue weighted by Crippen LogP contribution is 2.30. The fraction of sp³-hybridized carbons (Fsp3) is 0.400. The summed E-state index contributed by atoms with van der Waals surface area (Å²) in [5.74, 6) is 0.0386. The number of hydrogen-bond donors (Lipinski definition) is 2. The predicted octanol–water partition coefficient (Wildman–Crippen LogP) is 2.84. The SMILES string of the molecule is CC(C)(C)OC(=O)N1CCC(Oc2nc(-c3n[nH]c(=O)[nH]3)cc3ccc(F)cc23)C1. The van der Waals surface area contributed by atoms with Gasteiger partial charge in [0.05, 0.1) is 6.54 Å². The second-order valence-electron chi connectivity index (χ2n) is 8.16. The quantitative estimate of drug-likeness (QED) is 0.680. The van der Waals surface area contributed by atoms with E-state index < -0.39 is 23.2 Å². The molecule has 10 heteroatoms. The highest BCUT2D eigenvalue weighted by molar-refractivity contribution is 5.89. The largest absolute Gasteiger partial charge is 0.472 e. The Bertz CT molecular complexity index is 1150. The first-order valence-corrected chi connectivity index (χ1v) is 9.58. The van der Waals surface area contributed by atoms with Gasteiger partial charge in [0, 0.05) is 18.4 Å². The molecule has 3 heterocycles. The van der Waals surface area contributed by atoms with Gasteiger partial charge in [0.1, 0.15) is 23.2 Å². The Hall–Kier alpha value is -3.43.